The molecule has 4 rings (SSSR count). The summed E-state index contributed by atoms with van der Waals surface area (Å²) in [7, 11) is -3.72. The number of para-hydroxylation sites is 1. The summed E-state index contributed by atoms with van der Waals surface area (Å²) >= 11 is 0. The highest BCUT2D eigenvalue weighted by Crippen LogP contribution is 2.28. The fourth-order valence-electron chi connectivity index (χ4n) is 3.70. The fourth-order valence-corrected chi connectivity index (χ4v) is 5.33. The van der Waals surface area contributed by atoms with E-state index < -0.39 is 10.0 Å². The van der Waals surface area contributed by atoms with Gasteiger partial charge in [0.1, 0.15) is 10.7 Å². The van der Waals surface area contributed by atoms with Crippen molar-refractivity contribution in [3.05, 3.63) is 66.1 Å². The number of anilines is 1. The third-order valence-electron chi connectivity index (χ3n) is 5.48. The van der Waals surface area contributed by atoms with Gasteiger partial charge in [-0.05, 0) is 49.6 Å². The van der Waals surface area contributed by atoms with Crippen LogP contribution in [0.25, 0.3) is 10.9 Å². The molecule has 1 N–H and O–H groups in total. The normalized spacial score (nSPS) is 15.9. The summed E-state index contributed by atoms with van der Waals surface area (Å²) < 4.78 is 41.5. The van der Waals surface area contributed by atoms with Crippen LogP contribution in [0.2, 0.25) is 0 Å². The minimum Gasteiger partial charge on any atom is -0.326 e. The lowest BCUT2D eigenvalue weighted by Gasteiger charge is -2.30. The Balaban J connectivity index is 1.46. The second-order valence-electron chi connectivity index (χ2n) is 7.46. The number of nitrogens with one attached hydrogen (secondary N) is 1. The Bertz CT molecular complexity index is 1200. The van der Waals surface area contributed by atoms with Crippen molar-refractivity contribution in [3.8, 4) is 0 Å². The molecule has 1 saturated heterocycles. The summed E-state index contributed by atoms with van der Waals surface area (Å²) in [5, 5.41) is 3.49. The van der Waals surface area contributed by atoms with Crippen molar-refractivity contribution in [1.82, 2.24) is 9.29 Å². The number of carbonyl (C=O) groups excluding carboxylic acids is 1. The van der Waals surface area contributed by atoms with Crippen LogP contribution in [0.15, 0.2) is 59.6 Å². The molecule has 156 valence electrons. The minimum atomic E-state index is -3.72. The van der Waals surface area contributed by atoms with Crippen molar-refractivity contribution < 1.29 is 17.6 Å². The Morgan fingerprint density at radius 2 is 1.87 bits per heavy atom. The molecule has 0 radical (unpaired) electrons. The van der Waals surface area contributed by atoms with Gasteiger partial charge in [0.15, 0.2) is 0 Å². The van der Waals surface area contributed by atoms with E-state index in [9.17, 15) is 17.6 Å². The zero-order valence-corrected chi connectivity index (χ0v) is 17.3. The van der Waals surface area contributed by atoms with Crippen LogP contribution in [0.3, 0.4) is 0 Å². The Hall–Kier alpha value is -2.84. The molecule has 1 amide bonds. The summed E-state index contributed by atoms with van der Waals surface area (Å²) in [5.41, 5.74) is 1.36. The average molecular weight is 428 g/mol. The summed E-state index contributed by atoms with van der Waals surface area (Å²) in [6.07, 6.45) is 2.38. The van der Waals surface area contributed by atoms with Crippen molar-refractivity contribution in [1.29, 1.82) is 0 Å². The highest BCUT2D eigenvalue weighted by molar-refractivity contribution is 7.89. The molecular weight excluding hydrogens is 405 g/mol. The van der Waals surface area contributed by atoms with E-state index in [1.54, 1.807) is 43.5 Å². The lowest BCUT2D eigenvalue weighted by Crippen LogP contribution is -2.41. The Labute approximate surface area is 174 Å². The molecular formula is C22H22FN3O3S. The van der Waals surface area contributed by atoms with Crippen LogP contribution in [-0.2, 0) is 14.8 Å². The number of hydrogen-bond donors (Lipinski definition) is 1. The van der Waals surface area contributed by atoms with Crippen LogP contribution < -0.4 is 5.32 Å². The Morgan fingerprint density at radius 3 is 2.60 bits per heavy atom. The number of halogens is 1. The van der Waals surface area contributed by atoms with E-state index in [1.807, 2.05) is 12.1 Å². The number of benzene rings is 2. The van der Waals surface area contributed by atoms with Gasteiger partial charge in [-0.15, -0.1) is 0 Å². The van der Waals surface area contributed by atoms with Gasteiger partial charge >= 0.3 is 0 Å². The molecule has 2 aromatic carbocycles. The smallest absolute Gasteiger partial charge is 0.245 e. The standard InChI is InChI=1S/C22H22FN3O3S/c1-15-7-8-18(14-19(15)23)25-22(27)17-9-12-26(13-10-17)30(28,29)20-6-2-4-16-5-3-11-24-21(16)20/h2-8,11,14,17H,9-10,12-13H2,1H3,(H,25,27). The maximum atomic E-state index is 13.7. The van der Waals surface area contributed by atoms with E-state index in [0.29, 0.717) is 29.6 Å². The molecule has 3 aromatic rings. The minimum absolute atomic E-state index is 0.179. The van der Waals surface area contributed by atoms with Crippen molar-refractivity contribution >= 4 is 32.5 Å². The summed E-state index contributed by atoms with van der Waals surface area (Å²) in [5.74, 6) is -0.925. The maximum Gasteiger partial charge on any atom is 0.245 e. The third kappa shape index (κ3) is 3.93. The topological polar surface area (TPSA) is 79.4 Å². The highest BCUT2D eigenvalue weighted by Gasteiger charge is 2.33. The van der Waals surface area contributed by atoms with Gasteiger partial charge in [-0.2, -0.15) is 4.31 Å². The van der Waals surface area contributed by atoms with Crippen molar-refractivity contribution in [2.45, 2.75) is 24.7 Å². The number of piperidine rings is 1. The van der Waals surface area contributed by atoms with Crippen molar-refractivity contribution in [2.75, 3.05) is 18.4 Å². The Morgan fingerprint density at radius 1 is 1.13 bits per heavy atom. The van der Waals surface area contributed by atoms with Crippen LogP contribution in [-0.4, -0.2) is 36.7 Å². The number of rotatable bonds is 4. The molecule has 1 fully saturated rings. The zero-order valence-electron chi connectivity index (χ0n) is 16.5. The number of carbonyl (C=O) groups is 1. The first-order valence-corrected chi connectivity index (χ1v) is 11.2. The quantitative estimate of drug-likeness (QED) is 0.688. The average Bonchev–Trinajstić information content (AvgIpc) is 2.76. The molecule has 1 aromatic heterocycles. The number of aromatic nitrogens is 1. The number of aryl methyl sites for hydroxylation is 1. The van der Waals surface area contributed by atoms with Crippen LogP contribution in [0.5, 0.6) is 0 Å². The largest absolute Gasteiger partial charge is 0.326 e. The number of hydrogen-bond acceptors (Lipinski definition) is 4. The molecule has 0 saturated carbocycles. The molecule has 8 heteroatoms. The number of sulfonamides is 1. The van der Waals surface area contributed by atoms with Gasteiger partial charge < -0.3 is 5.32 Å². The lowest BCUT2D eigenvalue weighted by molar-refractivity contribution is -0.120. The van der Waals surface area contributed by atoms with Crippen LogP contribution in [0, 0.1) is 18.7 Å². The first-order valence-electron chi connectivity index (χ1n) is 9.77. The van der Waals surface area contributed by atoms with E-state index in [2.05, 4.69) is 10.3 Å². The molecule has 0 atom stereocenters. The highest BCUT2D eigenvalue weighted by atomic mass is 32.2. The van der Waals surface area contributed by atoms with Gasteiger partial charge in [0, 0.05) is 36.3 Å². The van der Waals surface area contributed by atoms with Gasteiger partial charge in [0.2, 0.25) is 15.9 Å². The molecule has 0 spiro atoms. The molecule has 6 nitrogen and oxygen atoms in total. The zero-order chi connectivity index (χ0) is 21.3. The van der Waals surface area contributed by atoms with E-state index >= 15 is 0 Å². The van der Waals surface area contributed by atoms with Crippen molar-refractivity contribution in [2.24, 2.45) is 5.92 Å². The monoisotopic (exact) mass is 427 g/mol. The molecule has 30 heavy (non-hydrogen) atoms. The first-order chi connectivity index (χ1) is 14.4. The maximum absolute atomic E-state index is 13.7. The molecule has 0 unspecified atom stereocenters. The SMILES string of the molecule is Cc1ccc(NC(=O)C2CCN(S(=O)(=O)c3cccc4cccnc34)CC2)cc1F. The lowest BCUT2D eigenvalue weighted by atomic mass is 9.97. The number of pyridine rings is 1. The summed E-state index contributed by atoms with van der Waals surface area (Å²) in [6, 6.07) is 13.2. The van der Waals surface area contributed by atoms with Crippen LogP contribution in [0.4, 0.5) is 10.1 Å². The predicted octanol–water partition coefficient (Wildman–Crippen LogP) is 3.72. The first kappa shape index (κ1) is 20.4. The number of fused-ring (bicyclic) bond motifs is 1. The van der Waals surface area contributed by atoms with Gasteiger partial charge in [0.25, 0.3) is 0 Å². The second-order valence-corrected chi connectivity index (χ2v) is 9.37. The van der Waals surface area contributed by atoms with Crippen molar-refractivity contribution in [3.63, 3.8) is 0 Å². The molecule has 0 bridgehead atoms. The molecule has 2 heterocycles. The van der Waals surface area contributed by atoms with Gasteiger partial charge in [-0.3, -0.25) is 9.78 Å². The number of nitrogens with zero attached hydrogens (tertiary/aromatic N) is 2. The third-order valence-corrected chi connectivity index (χ3v) is 7.41. The molecule has 0 aliphatic carbocycles. The van der Waals surface area contributed by atoms with Crippen LogP contribution in [0.1, 0.15) is 18.4 Å². The number of amides is 1. The summed E-state index contributed by atoms with van der Waals surface area (Å²) in [6.45, 7) is 2.14. The van der Waals surface area contributed by atoms with Gasteiger partial charge in [-0.1, -0.05) is 24.3 Å². The predicted molar refractivity (Wildman–Crippen MR) is 113 cm³/mol. The fraction of sp³-hybridized carbons (Fsp3) is 0.273. The van der Waals surface area contributed by atoms with Crippen LogP contribution >= 0.6 is 0 Å². The van der Waals surface area contributed by atoms with E-state index in [1.165, 1.54) is 10.4 Å². The van der Waals surface area contributed by atoms with E-state index in [0.717, 1.165) is 5.39 Å². The van der Waals surface area contributed by atoms with E-state index in [4.69, 9.17) is 0 Å². The van der Waals surface area contributed by atoms with Gasteiger partial charge in [0.05, 0.1) is 5.52 Å². The second kappa shape index (κ2) is 8.12. The summed E-state index contributed by atoms with van der Waals surface area (Å²) in [4.78, 5) is 17.0. The Kier molecular flexibility index (Phi) is 5.53. The molecule has 1 aliphatic heterocycles. The van der Waals surface area contributed by atoms with E-state index in [-0.39, 0.29) is 35.6 Å². The van der Waals surface area contributed by atoms with Gasteiger partial charge in [-0.25, -0.2) is 12.8 Å². The molecule has 1 aliphatic rings.